The maximum Gasteiger partial charge on any atom is 0.410 e. The molecule has 4 atom stereocenters. The molecule has 4 fully saturated rings. The number of cyclic esters (lactones) is 1. The van der Waals surface area contributed by atoms with Gasteiger partial charge in [0.25, 0.3) is 5.91 Å². The van der Waals surface area contributed by atoms with Gasteiger partial charge in [-0.05, 0) is 56.1 Å². The number of amides is 2. The number of hydrogen-bond donors (Lipinski definition) is 1. The van der Waals surface area contributed by atoms with Gasteiger partial charge in [0.05, 0.1) is 11.6 Å². The smallest absolute Gasteiger partial charge is 0.410 e. The summed E-state index contributed by atoms with van der Waals surface area (Å²) in [6, 6.07) is 4.18. The van der Waals surface area contributed by atoms with E-state index in [1.54, 1.807) is 0 Å². The number of nitrogens with one attached hydrogen (secondary N) is 1. The fourth-order valence-electron chi connectivity index (χ4n) is 5.52. The van der Waals surface area contributed by atoms with Crippen molar-refractivity contribution in [1.82, 2.24) is 10.2 Å². The molecular weight excluding hydrogens is 411 g/mol. The predicted octanol–water partition coefficient (Wildman–Crippen LogP) is 3.76. The van der Waals surface area contributed by atoms with E-state index < -0.39 is 5.82 Å². The molecule has 3 unspecified atom stereocenters. The van der Waals surface area contributed by atoms with Crippen molar-refractivity contribution in [2.75, 3.05) is 19.7 Å². The zero-order valence-corrected chi connectivity index (χ0v) is 17.5. The van der Waals surface area contributed by atoms with Crippen molar-refractivity contribution in [3.8, 4) is 5.75 Å². The van der Waals surface area contributed by atoms with Crippen LogP contribution < -0.4 is 10.1 Å². The van der Waals surface area contributed by atoms with Gasteiger partial charge in [0.2, 0.25) is 0 Å². The van der Waals surface area contributed by atoms with E-state index in [-0.39, 0.29) is 46.9 Å². The van der Waals surface area contributed by atoms with Gasteiger partial charge in [-0.25, -0.2) is 9.18 Å². The maximum absolute atomic E-state index is 13.5. The van der Waals surface area contributed by atoms with Crippen molar-refractivity contribution < 1.29 is 23.5 Å². The second-order valence-electron chi connectivity index (χ2n) is 9.20. The second-order valence-corrected chi connectivity index (χ2v) is 9.60. The summed E-state index contributed by atoms with van der Waals surface area (Å²) >= 11 is 5.65. The van der Waals surface area contributed by atoms with Gasteiger partial charge in [-0.3, -0.25) is 4.79 Å². The number of ether oxygens (including phenoxy) is 2. The number of hydrogen-bond acceptors (Lipinski definition) is 4. The average Bonchev–Trinajstić information content (AvgIpc) is 3.03. The van der Waals surface area contributed by atoms with Crippen LogP contribution in [0.4, 0.5) is 9.18 Å². The van der Waals surface area contributed by atoms with Crippen molar-refractivity contribution >= 4 is 23.6 Å². The Morgan fingerprint density at radius 1 is 1.37 bits per heavy atom. The molecule has 1 aromatic carbocycles. The SMILES string of the molecule is O=C(COc1ccc(Cl)c(F)c1)NC1CC2([C@@H]3CN(CC4CCC4)C(=O)O3)CCC12. The summed E-state index contributed by atoms with van der Waals surface area (Å²) in [6.45, 7) is 1.32. The Kier molecular flexibility index (Phi) is 5.04. The van der Waals surface area contributed by atoms with Crippen molar-refractivity contribution in [2.45, 2.75) is 50.7 Å². The quantitative estimate of drug-likeness (QED) is 0.706. The molecule has 162 valence electrons. The Morgan fingerprint density at radius 3 is 2.83 bits per heavy atom. The van der Waals surface area contributed by atoms with Crippen LogP contribution in [0.3, 0.4) is 0 Å². The zero-order chi connectivity index (χ0) is 20.9. The fraction of sp³-hybridized carbons (Fsp3) is 0.636. The third kappa shape index (κ3) is 3.41. The minimum absolute atomic E-state index is 0.0152. The molecule has 3 aliphatic carbocycles. The summed E-state index contributed by atoms with van der Waals surface area (Å²) < 4.78 is 24.6. The molecule has 6 nitrogen and oxygen atoms in total. The van der Waals surface area contributed by atoms with E-state index in [0.717, 1.165) is 25.8 Å². The third-order valence-electron chi connectivity index (χ3n) is 7.58. The third-order valence-corrected chi connectivity index (χ3v) is 7.89. The number of carbonyl (C=O) groups is 2. The Balaban J connectivity index is 1.11. The van der Waals surface area contributed by atoms with Gasteiger partial charge in [-0.2, -0.15) is 0 Å². The number of nitrogens with zero attached hydrogens (tertiary/aromatic N) is 1. The second kappa shape index (κ2) is 7.59. The van der Waals surface area contributed by atoms with Gasteiger partial charge in [-0.1, -0.05) is 18.0 Å². The predicted molar refractivity (Wildman–Crippen MR) is 108 cm³/mol. The standard InChI is InChI=1S/C22H26ClFN2O4/c23-16-5-4-14(8-17(16)24)29-12-20(27)25-18-9-22(7-6-15(18)22)19-11-26(21(28)30-19)10-13-2-1-3-13/h4-5,8,13,15,18-19H,1-3,6-7,9-12H2,(H,25,27)/t15?,18?,19-,22?/m0/s1. The highest BCUT2D eigenvalue weighted by molar-refractivity contribution is 6.30. The van der Waals surface area contributed by atoms with Gasteiger partial charge in [0, 0.05) is 24.1 Å². The first-order valence-electron chi connectivity index (χ1n) is 10.8. The fourth-order valence-corrected chi connectivity index (χ4v) is 5.64. The van der Waals surface area contributed by atoms with E-state index in [9.17, 15) is 14.0 Å². The van der Waals surface area contributed by atoms with Crippen LogP contribution in [-0.2, 0) is 9.53 Å². The number of halogens is 2. The van der Waals surface area contributed by atoms with Crippen LogP contribution in [0, 0.1) is 23.1 Å². The van der Waals surface area contributed by atoms with Crippen LogP contribution in [0.15, 0.2) is 18.2 Å². The first kappa shape index (κ1) is 19.9. The number of benzene rings is 1. The molecule has 1 saturated heterocycles. The largest absolute Gasteiger partial charge is 0.484 e. The van der Waals surface area contributed by atoms with Crippen LogP contribution in [0.1, 0.15) is 38.5 Å². The lowest BCUT2D eigenvalue weighted by Gasteiger charge is -2.64. The molecule has 30 heavy (non-hydrogen) atoms. The van der Waals surface area contributed by atoms with Crippen molar-refractivity contribution in [1.29, 1.82) is 0 Å². The lowest BCUT2D eigenvalue weighted by Crippen LogP contribution is -2.69. The molecule has 1 heterocycles. The van der Waals surface area contributed by atoms with E-state index in [1.807, 2.05) is 4.90 Å². The van der Waals surface area contributed by atoms with Crippen LogP contribution in [0.2, 0.25) is 5.02 Å². The highest BCUT2D eigenvalue weighted by atomic mass is 35.5. The Labute approximate surface area is 180 Å². The molecule has 0 bridgehead atoms. The van der Waals surface area contributed by atoms with E-state index >= 15 is 0 Å². The highest BCUT2D eigenvalue weighted by Crippen LogP contribution is 2.64. The zero-order valence-electron chi connectivity index (χ0n) is 16.7. The number of rotatable bonds is 7. The Bertz CT molecular complexity index is 864. The number of fused-ring (bicyclic) bond motifs is 1. The molecule has 1 N–H and O–H groups in total. The first-order valence-corrected chi connectivity index (χ1v) is 11.2. The van der Waals surface area contributed by atoms with Gasteiger partial charge < -0.3 is 19.7 Å². The lowest BCUT2D eigenvalue weighted by molar-refractivity contribution is -0.173. The topological polar surface area (TPSA) is 67.9 Å². The van der Waals surface area contributed by atoms with E-state index in [2.05, 4.69) is 5.32 Å². The molecule has 8 heteroatoms. The van der Waals surface area contributed by atoms with Crippen LogP contribution in [0.25, 0.3) is 0 Å². The van der Waals surface area contributed by atoms with Crippen molar-refractivity contribution in [2.24, 2.45) is 17.3 Å². The normalized spacial score (nSPS) is 32.4. The lowest BCUT2D eigenvalue weighted by atomic mass is 9.43. The Morgan fingerprint density at radius 2 is 2.20 bits per heavy atom. The van der Waals surface area contributed by atoms with Gasteiger partial charge in [0.1, 0.15) is 17.7 Å². The summed E-state index contributed by atoms with van der Waals surface area (Å²) in [4.78, 5) is 26.5. The summed E-state index contributed by atoms with van der Waals surface area (Å²) in [5, 5.41) is 3.04. The summed E-state index contributed by atoms with van der Waals surface area (Å²) in [6.07, 6.45) is 6.34. The van der Waals surface area contributed by atoms with Gasteiger partial charge >= 0.3 is 6.09 Å². The van der Waals surface area contributed by atoms with Gasteiger partial charge in [-0.15, -0.1) is 0 Å². The van der Waals surface area contributed by atoms with E-state index in [4.69, 9.17) is 21.1 Å². The van der Waals surface area contributed by atoms with Crippen molar-refractivity contribution in [3.63, 3.8) is 0 Å². The molecule has 0 aromatic heterocycles. The van der Waals surface area contributed by atoms with E-state index in [0.29, 0.717) is 18.4 Å². The molecule has 5 rings (SSSR count). The molecule has 1 aromatic rings. The highest BCUT2D eigenvalue weighted by Gasteiger charge is 2.66. The summed E-state index contributed by atoms with van der Waals surface area (Å²) in [7, 11) is 0. The molecular formula is C22H26ClFN2O4. The number of carbonyl (C=O) groups excluding carboxylic acids is 2. The van der Waals surface area contributed by atoms with Crippen LogP contribution in [0.5, 0.6) is 5.75 Å². The Hall–Kier alpha value is -2.02. The molecule has 3 saturated carbocycles. The van der Waals surface area contributed by atoms with Crippen molar-refractivity contribution in [3.05, 3.63) is 29.0 Å². The van der Waals surface area contributed by atoms with Crippen LogP contribution >= 0.6 is 11.6 Å². The van der Waals surface area contributed by atoms with Gasteiger partial charge in [0.15, 0.2) is 6.61 Å². The minimum atomic E-state index is -0.578. The molecule has 0 radical (unpaired) electrons. The molecule has 1 aliphatic heterocycles. The summed E-state index contributed by atoms with van der Waals surface area (Å²) in [5.41, 5.74) is 0.0160. The molecule has 2 amide bonds. The minimum Gasteiger partial charge on any atom is -0.484 e. The summed E-state index contributed by atoms with van der Waals surface area (Å²) in [5.74, 6) is 0.434. The molecule has 4 aliphatic rings. The maximum atomic E-state index is 13.5. The first-order chi connectivity index (χ1) is 14.4. The van der Waals surface area contributed by atoms with Crippen LogP contribution in [-0.4, -0.2) is 48.7 Å². The average molecular weight is 437 g/mol. The molecule has 0 spiro atoms. The van der Waals surface area contributed by atoms with E-state index in [1.165, 1.54) is 37.5 Å². The monoisotopic (exact) mass is 436 g/mol.